The Hall–Kier alpha value is -0.590. The number of thioether (sulfide) groups is 1. The van der Waals surface area contributed by atoms with Crippen LogP contribution >= 0.6 is 11.8 Å². The Labute approximate surface area is 101 Å². The van der Waals surface area contributed by atoms with Crippen LogP contribution in [0.3, 0.4) is 0 Å². The van der Waals surface area contributed by atoms with E-state index >= 15 is 0 Å². The second kappa shape index (κ2) is 8.55. The maximum Gasteiger partial charge on any atom is 0.140 e. The summed E-state index contributed by atoms with van der Waals surface area (Å²) >= 11 is 1.92. The molecule has 1 rings (SSSR count). The molecule has 0 amide bonds. The van der Waals surface area contributed by atoms with Gasteiger partial charge in [-0.2, -0.15) is 16.9 Å². The second-order valence-corrected chi connectivity index (χ2v) is 4.66. The van der Waals surface area contributed by atoms with Gasteiger partial charge in [0, 0.05) is 19.4 Å². The summed E-state index contributed by atoms with van der Waals surface area (Å²) in [5.74, 6) is 3.23. The summed E-state index contributed by atoms with van der Waals surface area (Å²) in [6.07, 6.45) is 1.62. The Kier molecular flexibility index (Phi) is 7.20. The number of methoxy groups -OCH3 is 1. The van der Waals surface area contributed by atoms with E-state index in [4.69, 9.17) is 4.74 Å². The van der Waals surface area contributed by atoms with Crippen molar-refractivity contribution in [2.45, 2.75) is 20.0 Å². The molecule has 0 unspecified atom stereocenters. The van der Waals surface area contributed by atoms with E-state index in [0.717, 1.165) is 43.6 Å². The average Bonchev–Trinajstić information content (AvgIpc) is 2.73. The normalized spacial score (nSPS) is 10.9. The molecule has 1 N–H and O–H groups in total. The van der Waals surface area contributed by atoms with Gasteiger partial charge in [-0.1, -0.05) is 6.92 Å². The zero-order valence-electron chi connectivity index (χ0n) is 9.98. The number of hydrogen-bond acceptors (Lipinski definition) is 5. The fourth-order valence-corrected chi connectivity index (χ4v) is 1.87. The van der Waals surface area contributed by atoms with Gasteiger partial charge in [0.05, 0.1) is 19.7 Å². The fourth-order valence-electron chi connectivity index (χ4n) is 1.28. The largest absolute Gasteiger partial charge is 0.383 e. The predicted octanol–water partition coefficient (Wildman–Crippen LogP) is 0.767. The molecule has 0 aliphatic carbocycles. The molecule has 0 aromatic carbocycles. The second-order valence-electron chi connectivity index (χ2n) is 3.27. The Balaban J connectivity index is 2.26. The molecule has 16 heavy (non-hydrogen) atoms. The predicted molar refractivity (Wildman–Crippen MR) is 66.6 cm³/mol. The van der Waals surface area contributed by atoms with Crippen molar-refractivity contribution in [1.29, 1.82) is 0 Å². The first-order valence-corrected chi connectivity index (χ1v) is 6.68. The van der Waals surface area contributed by atoms with Gasteiger partial charge in [0.15, 0.2) is 0 Å². The zero-order valence-corrected chi connectivity index (χ0v) is 10.8. The minimum Gasteiger partial charge on any atom is -0.383 e. The molecule has 0 aliphatic rings. The molecule has 1 aromatic heterocycles. The topological polar surface area (TPSA) is 52.0 Å². The van der Waals surface area contributed by atoms with E-state index in [0.29, 0.717) is 0 Å². The van der Waals surface area contributed by atoms with Gasteiger partial charge in [0.1, 0.15) is 12.2 Å². The van der Waals surface area contributed by atoms with Crippen LogP contribution < -0.4 is 5.32 Å². The standard InChI is InChI=1S/C10H20N4OS/c1-3-16-7-5-14-10(12-9-13-14)8-11-4-6-15-2/h9,11H,3-8H2,1-2H3. The first kappa shape index (κ1) is 13.5. The lowest BCUT2D eigenvalue weighted by molar-refractivity contribution is 0.198. The van der Waals surface area contributed by atoms with Gasteiger partial charge < -0.3 is 10.1 Å². The number of hydrogen-bond donors (Lipinski definition) is 1. The van der Waals surface area contributed by atoms with Crippen molar-refractivity contribution in [3.05, 3.63) is 12.2 Å². The zero-order chi connectivity index (χ0) is 11.6. The van der Waals surface area contributed by atoms with Crippen molar-refractivity contribution in [3.8, 4) is 0 Å². The van der Waals surface area contributed by atoms with Crippen molar-refractivity contribution in [1.82, 2.24) is 20.1 Å². The quantitative estimate of drug-likeness (QED) is 0.650. The molecule has 92 valence electrons. The number of nitrogens with zero attached hydrogens (tertiary/aromatic N) is 3. The minimum atomic E-state index is 0.722. The molecular formula is C10H20N4OS. The molecule has 6 heteroatoms. The molecule has 0 atom stereocenters. The number of rotatable bonds is 9. The third kappa shape index (κ3) is 4.96. The van der Waals surface area contributed by atoms with Gasteiger partial charge in [0.25, 0.3) is 0 Å². The number of aromatic nitrogens is 3. The maximum absolute atomic E-state index is 4.96. The minimum absolute atomic E-state index is 0.722. The molecule has 0 fully saturated rings. The van der Waals surface area contributed by atoms with Crippen LogP contribution in [-0.2, 0) is 17.8 Å². The summed E-state index contributed by atoms with van der Waals surface area (Å²) in [5, 5.41) is 7.47. The highest BCUT2D eigenvalue weighted by atomic mass is 32.2. The summed E-state index contributed by atoms with van der Waals surface area (Å²) in [4.78, 5) is 4.23. The van der Waals surface area contributed by atoms with Crippen LogP contribution in [0.5, 0.6) is 0 Å². The van der Waals surface area contributed by atoms with E-state index in [1.54, 1.807) is 13.4 Å². The molecule has 5 nitrogen and oxygen atoms in total. The highest BCUT2D eigenvalue weighted by Gasteiger charge is 2.02. The van der Waals surface area contributed by atoms with Crippen molar-refractivity contribution in [3.63, 3.8) is 0 Å². The third-order valence-electron chi connectivity index (χ3n) is 2.11. The van der Waals surface area contributed by atoms with E-state index in [-0.39, 0.29) is 0 Å². The molecule has 0 saturated carbocycles. The number of ether oxygens (including phenoxy) is 1. The summed E-state index contributed by atoms with van der Waals surface area (Å²) in [7, 11) is 1.70. The molecular weight excluding hydrogens is 224 g/mol. The SMILES string of the molecule is CCSCCn1ncnc1CNCCOC. The molecule has 0 saturated heterocycles. The van der Waals surface area contributed by atoms with E-state index in [9.17, 15) is 0 Å². The van der Waals surface area contributed by atoms with Crippen molar-refractivity contribution in [2.75, 3.05) is 31.8 Å². The number of aryl methyl sites for hydroxylation is 1. The third-order valence-corrected chi connectivity index (χ3v) is 2.99. The van der Waals surface area contributed by atoms with Crippen LogP contribution in [0.25, 0.3) is 0 Å². The summed E-state index contributed by atoms with van der Waals surface area (Å²) in [6.45, 7) is 5.41. The van der Waals surface area contributed by atoms with E-state index in [2.05, 4.69) is 22.3 Å². The lowest BCUT2D eigenvalue weighted by atomic mass is 10.5. The molecule has 1 aromatic rings. The summed E-state index contributed by atoms with van der Waals surface area (Å²) < 4.78 is 6.92. The molecule has 0 spiro atoms. The van der Waals surface area contributed by atoms with Crippen LogP contribution in [0.15, 0.2) is 6.33 Å². The van der Waals surface area contributed by atoms with Crippen molar-refractivity contribution >= 4 is 11.8 Å². The van der Waals surface area contributed by atoms with Gasteiger partial charge in [-0.05, 0) is 5.75 Å². The van der Waals surface area contributed by atoms with Crippen LogP contribution in [0.4, 0.5) is 0 Å². The van der Waals surface area contributed by atoms with Crippen LogP contribution in [-0.4, -0.2) is 46.5 Å². The van der Waals surface area contributed by atoms with Crippen LogP contribution in [0.1, 0.15) is 12.7 Å². The van der Waals surface area contributed by atoms with Gasteiger partial charge in [-0.25, -0.2) is 9.67 Å². The van der Waals surface area contributed by atoms with E-state index < -0.39 is 0 Å². The van der Waals surface area contributed by atoms with Crippen LogP contribution in [0, 0.1) is 0 Å². The van der Waals surface area contributed by atoms with Crippen LogP contribution in [0.2, 0.25) is 0 Å². The van der Waals surface area contributed by atoms with Crippen molar-refractivity contribution < 1.29 is 4.74 Å². The van der Waals surface area contributed by atoms with Gasteiger partial charge >= 0.3 is 0 Å². The molecule has 0 bridgehead atoms. The molecule has 1 heterocycles. The fraction of sp³-hybridized carbons (Fsp3) is 0.800. The monoisotopic (exact) mass is 244 g/mol. The lowest BCUT2D eigenvalue weighted by Crippen LogP contribution is -2.21. The van der Waals surface area contributed by atoms with Gasteiger partial charge in [-0.3, -0.25) is 0 Å². The highest BCUT2D eigenvalue weighted by Crippen LogP contribution is 2.01. The molecule has 0 radical (unpaired) electrons. The Morgan fingerprint density at radius 3 is 3.19 bits per heavy atom. The Morgan fingerprint density at radius 1 is 1.56 bits per heavy atom. The maximum atomic E-state index is 4.96. The van der Waals surface area contributed by atoms with Gasteiger partial charge in [-0.15, -0.1) is 0 Å². The lowest BCUT2D eigenvalue weighted by Gasteiger charge is -2.06. The highest BCUT2D eigenvalue weighted by molar-refractivity contribution is 7.99. The van der Waals surface area contributed by atoms with Crippen molar-refractivity contribution in [2.24, 2.45) is 0 Å². The molecule has 0 aliphatic heterocycles. The summed E-state index contributed by atoms with van der Waals surface area (Å²) in [5.41, 5.74) is 0. The Bertz CT molecular complexity index is 280. The first-order valence-electron chi connectivity index (χ1n) is 5.52. The van der Waals surface area contributed by atoms with E-state index in [1.165, 1.54) is 0 Å². The average molecular weight is 244 g/mol. The smallest absolute Gasteiger partial charge is 0.140 e. The first-order chi connectivity index (χ1) is 7.88. The summed E-state index contributed by atoms with van der Waals surface area (Å²) in [6, 6.07) is 0. The van der Waals surface area contributed by atoms with E-state index in [1.807, 2.05) is 16.4 Å². The Morgan fingerprint density at radius 2 is 2.44 bits per heavy atom. The van der Waals surface area contributed by atoms with Gasteiger partial charge in [0.2, 0.25) is 0 Å². The number of nitrogens with one attached hydrogen (secondary N) is 1.